The van der Waals surface area contributed by atoms with Crippen LogP contribution < -0.4 is 10.1 Å². The number of ether oxygens (including phenoxy) is 1. The fraction of sp³-hybridized carbons (Fsp3) is 0.222. The quantitative estimate of drug-likeness (QED) is 0.726. The Morgan fingerprint density at radius 2 is 1.65 bits per heavy atom. The van der Waals surface area contributed by atoms with Gasteiger partial charge in [0.25, 0.3) is 5.89 Å². The van der Waals surface area contributed by atoms with Crippen molar-refractivity contribution in [1.29, 1.82) is 0 Å². The maximum absolute atomic E-state index is 5.57. The first-order valence-corrected chi connectivity index (χ1v) is 7.55. The predicted molar refractivity (Wildman–Crippen MR) is 86.8 cm³/mol. The highest BCUT2D eigenvalue weighted by Crippen LogP contribution is 2.11. The summed E-state index contributed by atoms with van der Waals surface area (Å²) >= 11 is 0. The summed E-state index contributed by atoms with van der Waals surface area (Å²) in [4.78, 5) is 0. The maximum atomic E-state index is 5.57. The lowest BCUT2D eigenvalue weighted by atomic mass is 10.1. The normalized spacial score (nSPS) is 10.7. The average Bonchev–Trinajstić information content (AvgIpc) is 3.04. The number of aromatic nitrogens is 2. The summed E-state index contributed by atoms with van der Waals surface area (Å²) in [6.45, 7) is 3.65. The van der Waals surface area contributed by atoms with Crippen molar-refractivity contribution in [2.24, 2.45) is 0 Å². The molecule has 0 aliphatic carbocycles. The Morgan fingerprint density at radius 1 is 0.913 bits per heavy atom. The van der Waals surface area contributed by atoms with Gasteiger partial charge in [0, 0.05) is 6.54 Å². The minimum atomic E-state index is 0.273. The number of aryl methyl sites for hydroxylation is 1. The summed E-state index contributed by atoms with van der Waals surface area (Å²) in [7, 11) is 0. The van der Waals surface area contributed by atoms with Gasteiger partial charge in [-0.1, -0.05) is 48.0 Å². The topological polar surface area (TPSA) is 60.2 Å². The van der Waals surface area contributed by atoms with E-state index in [0.29, 0.717) is 18.3 Å². The predicted octanol–water partition coefficient (Wildman–Crippen LogP) is 3.25. The lowest BCUT2D eigenvalue weighted by Crippen LogP contribution is -2.12. The van der Waals surface area contributed by atoms with Gasteiger partial charge in [0.2, 0.25) is 5.89 Å². The zero-order valence-corrected chi connectivity index (χ0v) is 13.0. The zero-order chi connectivity index (χ0) is 15.9. The molecule has 0 aliphatic heterocycles. The van der Waals surface area contributed by atoms with Crippen LogP contribution in [-0.2, 0) is 19.7 Å². The van der Waals surface area contributed by atoms with Gasteiger partial charge in [-0.05, 0) is 24.6 Å². The third-order valence-corrected chi connectivity index (χ3v) is 3.34. The molecule has 0 saturated carbocycles. The van der Waals surface area contributed by atoms with Gasteiger partial charge in [-0.25, -0.2) is 0 Å². The van der Waals surface area contributed by atoms with Crippen molar-refractivity contribution < 1.29 is 9.15 Å². The van der Waals surface area contributed by atoms with E-state index in [1.807, 2.05) is 30.3 Å². The summed E-state index contributed by atoms with van der Waals surface area (Å²) in [5, 5.41) is 11.3. The average molecular weight is 309 g/mol. The van der Waals surface area contributed by atoms with Gasteiger partial charge in [-0.15, -0.1) is 10.2 Å². The van der Waals surface area contributed by atoms with Crippen molar-refractivity contribution in [3.8, 4) is 5.75 Å². The number of nitrogens with one attached hydrogen (secondary N) is 1. The second kappa shape index (κ2) is 7.56. The molecule has 0 aliphatic rings. The Labute approximate surface area is 135 Å². The first kappa shape index (κ1) is 15.2. The van der Waals surface area contributed by atoms with Crippen LogP contribution in [0.25, 0.3) is 0 Å². The van der Waals surface area contributed by atoms with E-state index in [1.165, 1.54) is 11.1 Å². The largest absolute Gasteiger partial charge is 0.484 e. The van der Waals surface area contributed by atoms with E-state index in [4.69, 9.17) is 9.15 Å². The highest BCUT2D eigenvalue weighted by molar-refractivity contribution is 5.21. The van der Waals surface area contributed by atoms with E-state index < -0.39 is 0 Å². The van der Waals surface area contributed by atoms with Crippen LogP contribution in [0.1, 0.15) is 22.9 Å². The zero-order valence-electron chi connectivity index (χ0n) is 13.0. The molecular formula is C18H19N3O2. The van der Waals surface area contributed by atoms with Crippen LogP contribution in [0.3, 0.4) is 0 Å². The van der Waals surface area contributed by atoms with E-state index in [9.17, 15) is 0 Å². The number of hydrogen-bond acceptors (Lipinski definition) is 5. The molecule has 5 nitrogen and oxygen atoms in total. The molecule has 1 aromatic heterocycles. The molecule has 0 fully saturated rings. The Bertz CT molecular complexity index is 724. The maximum Gasteiger partial charge on any atom is 0.253 e. The Kier molecular flexibility index (Phi) is 5.01. The molecular weight excluding hydrogens is 290 g/mol. The molecule has 0 spiro atoms. The summed E-state index contributed by atoms with van der Waals surface area (Å²) in [6, 6.07) is 18.0. The number of hydrogen-bond donors (Lipinski definition) is 1. The van der Waals surface area contributed by atoms with E-state index in [-0.39, 0.29) is 6.61 Å². The van der Waals surface area contributed by atoms with Gasteiger partial charge < -0.3 is 14.5 Å². The molecule has 5 heteroatoms. The molecule has 1 heterocycles. The Hall–Kier alpha value is -2.66. The van der Waals surface area contributed by atoms with Crippen molar-refractivity contribution >= 4 is 0 Å². The lowest BCUT2D eigenvalue weighted by Gasteiger charge is -2.03. The molecule has 118 valence electrons. The van der Waals surface area contributed by atoms with E-state index in [1.54, 1.807) is 0 Å². The summed E-state index contributed by atoms with van der Waals surface area (Å²) in [5.41, 5.74) is 2.48. The van der Waals surface area contributed by atoms with Gasteiger partial charge in [0.15, 0.2) is 6.61 Å². The second-order valence-corrected chi connectivity index (χ2v) is 5.28. The van der Waals surface area contributed by atoms with Crippen LogP contribution in [0.4, 0.5) is 0 Å². The minimum Gasteiger partial charge on any atom is -0.484 e. The molecule has 23 heavy (non-hydrogen) atoms. The van der Waals surface area contributed by atoms with Gasteiger partial charge in [0.1, 0.15) is 5.75 Å². The van der Waals surface area contributed by atoms with E-state index >= 15 is 0 Å². The lowest BCUT2D eigenvalue weighted by molar-refractivity contribution is 0.258. The molecule has 0 unspecified atom stereocenters. The highest BCUT2D eigenvalue weighted by atomic mass is 16.5. The second-order valence-electron chi connectivity index (χ2n) is 5.28. The standard InChI is InChI=1S/C18H19N3O2/c1-14-7-9-15(10-8-14)11-19-12-17-20-21-18(23-17)13-22-16-5-3-2-4-6-16/h2-10,19H,11-13H2,1H3. The van der Waals surface area contributed by atoms with Crippen LogP contribution in [0.2, 0.25) is 0 Å². The van der Waals surface area contributed by atoms with Crippen molar-refractivity contribution in [2.75, 3.05) is 0 Å². The Balaban J connectivity index is 1.44. The monoisotopic (exact) mass is 309 g/mol. The highest BCUT2D eigenvalue weighted by Gasteiger charge is 2.06. The summed E-state index contributed by atoms with van der Waals surface area (Å²) in [5.74, 6) is 1.81. The fourth-order valence-corrected chi connectivity index (χ4v) is 2.10. The third-order valence-electron chi connectivity index (χ3n) is 3.34. The fourth-order valence-electron chi connectivity index (χ4n) is 2.10. The molecule has 0 radical (unpaired) electrons. The molecule has 0 atom stereocenters. The van der Waals surface area contributed by atoms with Crippen molar-refractivity contribution in [3.63, 3.8) is 0 Å². The smallest absolute Gasteiger partial charge is 0.253 e. The van der Waals surface area contributed by atoms with Crippen LogP contribution in [0, 0.1) is 6.92 Å². The van der Waals surface area contributed by atoms with Gasteiger partial charge in [-0.2, -0.15) is 0 Å². The van der Waals surface area contributed by atoms with Crippen LogP contribution in [0.15, 0.2) is 59.0 Å². The van der Waals surface area contributed by atoms with E-state index in [0.717, 1.165) is 12.3 Å². The summed E-state index contributed by atoms with van der Waals surface area (Å²) < 4.78 is 11.1. The van der Waals surface area contributed by atoms with Crippen molar-refractivity contribution in [1.82, 2.24) is 15.5 Å². The Morgan fingerprint density at radius 3 is 2.43 bits per heavy atom. The number of nitrogens with zero attached hydrogens (tertiary/aromatic N) is 2. The van der Waals surface area contributed by atoms with Crippen LogP contribution in [0.5, 0.6) is 5.75 Å². The first-order valence-electron chi connectivity index (χ1n) is 7.55. The number of para-hydroxylation sites is 1. The summed E-state index contributed by atoms with van der Waals surface area (Å²) in [6.07, 6.45) is 0. The molecule has 0 saturated heterocycles. The molecule has 1 N–H and O–H groups in total. The number of rotatable bonds is 7. The van der Waals surface area contributed by atoms with Crippen LogP contribution in [-0.4, -0.2) is 10.2 Å². The molecule has 2 aromatic carbocycles. The van der Waals surface area contributed by atoms with Gasteiger partial charge >= 0.3 is 0 Å². The SMILES string of the molecule is Cc1ccc(CNCc2nnc(COc3ccccc3)o2)cc1. The molecule has 0 bridgehead atoms. The molecule has 0 amide bonds. The van der Waals surface area contributed by atoms with Crippen LogP contribution >= 0.6 is 0 Å². The van der Waals surface area contributed by atoms with Gasteiger partial charge in [-0.3, -0.25) is 0 Å². The molecule has 3 aromatic rings. The van der Waals surface area contributed by atoms with Crippen molar-refractivity contribution in [2.45, 2.75) is 26.6 Å². The molecule has 3 rings (SSSR count). The third kappa shape index (κ3) is 4.66. The van der Waals surface area contributed by atoms with Crippen molar-refractivity contribution in [3.05, 3.63) is 77.5 Å². The van der Waals surface area contributed by atoms with E-state index in [2.05, 4.69) is 46.7 Å². The van der Waals surface area contributed by atoms with Gasteiger partial charge in [0.05, 0.1) is 6.54 Å². The minimum absolute atomic E-state index is 0.273. The first-order chi connectivity index (χ1) is 11.3. The number of benzene rings is 2.